The topological polar surface area (TPSA) is 82.4 Å². The fourth-order valence-electron chi connectivity index (χ4n) is 2.16. The summed E-state index contributed by atoms with van der Waals surface area (Å²) in [5, 5.41) is 11.7. The van der Waals surface area contributed by atoms with Crippen LogP contribution in [0.3, 0.4) is 0 Å². The summed E-state index contributed by atoms with van der Waals surface area (Å²) in [7, 11) is 3.78. The number of carbonyl (C=O) groups is 2. The van der Waals surface area contributed by atoms with Crippen molar-refractivity contribution in [3.05, 3.63) is 64.4 Å². The van der Waals surface area contributed by atoms with E-state index in [4.69, 9.17) is 16.3 Å². The zero-order chi connectivity index (χ0) is 20.7. The number of rotatable bonds is 6. The van der Waals surface area contributed by atoms with Crippen molar-refractivity contribution in [3.63, 3.8) is 0 Å². The largest absolute Gasteiger partial charge is 0.451 e. The minimum Gasteiger partial charge on any atom is -0.451 e. The quantitative estimate of drug-likeness (QED) is 0.454. The third-order valence-electron chi connectivity index (χ3n) is 3.60. The third kappa shape index (κ3) is 5.83. The molecule has 0 saturated carbocycles. The van der Waals surface area contributed by atoms with Crippen LogP contribution in [0.5, 0.6) is 0 Å². The Kier molecular flexibility index (Phi) is 7.13. The van der Waals surface area contributed by atoms with Gasteiger partial charge in [-0.15, -0.1) is 0 Å². The first-order valence-electron chi connectivity index (χ1n) is 8.11. The highest BCUT2D eigenvalue weighted by Gasteiger charge is 2.14. The molecule has 0 fully saturated rings. The van der Waals surface area contributed by atoms with Gasteiger partial charge >= 0.3 is 5.97 Å². The van der Waals surface area contributed by atoms with Crippen molar-refractivity contribution in [3.8, 4) is 6.07 Å². The lowest BCUT2D eigenvalue weighted by molar-refractivity contribution is -0.142. The van der Waals surface area contributed by atoms with Crippen molar-refractivity contribution >= 4 is 40.9 Å². The molecule has 2 aromatic carbocycles. The second kappa shape index (κ2) is 9.53. The maximum absolute atomic E-state index is 13.6. The molecule has 2 aromatic rings. The molecular weight excluding hydrogens is 385 g/mol. The normalized spacial score (nSPS) is 10.8. The SMILES string of the molecule is CN(C)c1ccc(/C=C(\C#N)C(=O)OCC(=O)Nc2cc(Cl)ccc2F)cc1. The summed E-state index contributed by atoms with van der Waals surface area (Å²) in [6.07, 6.45) is 1.36. The van der Waals surface area contributed by atoms with E-state index in [9.17, 15) is 19.2 Å². The number of nitrogens with zero attached hydrogens (tertiary/aromatic N) is 2. The van der Waals surface area contributed by atoms with Gasteiger partial charge in [0.2, 0.25) is 0 Å². The van der Waals surface area contributed by atoms with E-state index in [1.54, 1.807) is 18.2 Å². The number of halogens is 2. The van der Waals surface area contributed by atoms with Gasteiger partial charge in [0.15, 0.2) is 6.61 Å². The molecule has 0 unspecified atom stereocenters. The van der Waals surface area contributed by atoms with E-state index in [1.165, 1.54) is 18.2 Å². The standard InChI is InChI=1S/C20H17ClFN3O3/c1-25(2)16-6-3-13(4-7-16)9-14(11-23)20(27)28-12-19(26)24-18-10-15(21)5-8-17(18)22/h3-10H,12H2,1-2H3,(H,24,26)/b14-9+. The molecule has 28 heavy (non-hydrogen) atoms. The average molecular weight is 402 g/mol. The first kappa shape index (κ1) is 20.9. The van der Waals surface area contributed by atoms with Crippen molar-refractivity contribution in [1.82, 2.24) is 0 Å². The summed E-state index contributed by atoms with van der Waals surface area (Å²) in [5.74, 6) is -2.40. The summed E-state index contributed by atoms with van der Waals surface area (Å²) < 4.78 is 18.4. The first-order valence-corrected chi connectivity index (χ1v) is 8.49. The van der Waals surface area contributed by atoms with Gasteiger partial charge in [0.1, 0.15) is 17.5 Å². The van der Waals surface area contributed by atoms with Gasteiger partial charge in [0.25, 0.3) is 5.91 Å². The van der Waals surface area contributed by atoms with E-state index in [-0.39, 0.29) is 16.3 Å². The minimum absolute atomic E-state index is 0.134. The van der Waals surface area contributed by atoms with Crippen LogP contribution in [0.4, 0.5) is 15.8 Å². The average Bonchev–Trinajstić information content (AvgIpc) is 2.67. The molecule has 1 N–H and O–H groups in total. The molecule has 0 bridgehead atoms. The Labute approximate surface area is 166 Å². The number of ether oxygens (including phenoxy) is 1. The molecule has 8 heteroatoms. The maximum Gasteiger partial charge on any atom is 0.349 e. The smallest absolute Gasteiger partial charge is 0.349 e. The number of nitrogens with one attached hydrogen (secondary N) is 1. The van der Waals surface area contributed by atoms with Crippen LogP contribution in [-0.2, 0) is 14.3 Å². The number of anilines is 2. The van der Waals surface area contributed by atoms with Gasteiger partial charge in [-0.3, -0.25) is 4.79 Å². The summed E-state index contributed by atoms with van der Waals surface area (Å²) in [6, 6.07) is 12.6. The van der Waals surface area contributed by atoms with Gasteiger partial charge in [-0.2, -0.15) is 5.26 Å². The van der Waals surface area contributed by atoms with E-state index in [1.807, 2.05) is 31.1 Å². The number of hydrogen-bond acceptors (Lipinski definition) is 5. The zero-order valence-electron chi connectivity index (χ0n) is 15.2. The molecule has 0 aliphatic rings. The molecule has 0 radical (unpaired) electrons. The van der Waals surface area contributed by atoms with E-state index < -0.39 is 24.3 Å². The summed E-state index contributed by atoms with van der Waals surface area (Å²) in [4.78, 5) is 25.8. The first-order chi connectivity index (χ1) is 13.3. The van der Waals surface area contributed by atoms with Crippen molar-refractivity contribution < 1.29 is 18.7 Å². The number of nitriles is 1. The molecule has 0 atom stereocenters. The Bertz CT molecular complexity index is 950. The van der Waals surface area contributed by atoms with Gasteiger partial charge in [-0.05, 0) is 42.0 Å². The second-order valence-electron chi connectivity index (χ2n) is 5.90. The predicted molar refractivity (Wildman–Crippen MR) is 105 cm³/mol. The molecule has 0 aliphatic heterocycles. The van der Waals surface area contributed by atoms with Crippen molar-refractivity contribution in [2.45, 2.75) is 0 Å². The fourth-order valence-corrected chi connectivity index (χ4v) is 2.33. The van der Waals surface area contributed by atoms with E-state index in [0.29, 0.717) is 5.56 Å². The van der Waals surface area contributed by atoms with E-state index >= 15 is 0 Å². The Morgan fingerprint density at radius 1 is 1.25 bits per heavy atom. The number of carbonyl (C=O) groups excluding carboxylic acids is 2. The van der Waals surface area contributed by atoms with Crippen LogP contribution >= 0.6 is 11.6 Å². The highest BCUT2D eigenvalue weighted by Crippen LogP contribution is 2.19. The van der Waals surface area contributed by atoms with Gasteiger partial charge in [-0.25, -0.2) is 9.18 Å². The van der Waals surface area contributed by atoms with E-state index in [2.05, 4.69) is 5.32 Å². The molecule has 6 nitrogen and oxygen atoms in total. The molecular formula is C20H17ClFN3O3. The van der Waals surface area contributed by atoms with Gasteiger partial charge < -0.3 is 15.0 Å². The molecule has 1 amide bonds. The highest BCUT2D eigenvalue weighted by atomic mass is 35.5. The predicted octanol–water partition coefficient (Wildman–Crippen LogP) is 3.63. The van der Waals surface area contributed by atoms with Gasteiger partial charge in [0.05, 0.1) is 5.69 Å². The third-order valence-corrected chi connectivity index (χ3v) is 3.83. The van der Waals surface area contributed by atoms with Crippen molar-refractivity contribution in [1.29, 1.82) is 5.26 Å². The summed E-state index contributed by atoms with van der Waals surface area (Å²) in [5.41, 5.74) is 1.19. The lowest BCUT2D eigenvalue weighted by atomic mass is 10.1. The number of amides is 1. The van der Waals surface area contributed by atoms with Crippen LogP contribution in [0.15, 0.2) is 48.0 Å². The van der Waals surface area contributed by atoms with Gasteiger partial charge in [-0.1, -0.05) is 23.7 Å². The molecule has 0 aliphatic carbocycles. The van der Waals surface area contributed by atoms with Crippen molar-refractivity contribution in [2.75, 3.05) is 30.9 Å². The summed E-state index contributed by atoms with van der Waals surface area (Å²) >= 11 is 5.74. The lowest BCUT2D eigenvalue weighted by Crippen LogP contribution is -2.22. The van der Waals surface area contributed by atoms with Crippen LogP contribution in [0.1, 0.15) is 5.56 Å². The van der Waals surface area contributed by atoms with Crippen LogP contribution < -0.4 is 10.2 Å². The molecule has 2 rings (SSSR count). The molecule has 0 aromatic heterocycles. The Balaban J connectivity index is 1.99. The molecule has 0 saturated heterocycles. The van der Waals surface area contributed by atoms with E-state index in [0.717, 1.165) is 11.8 Å². The lowest BCUT2D eigenvalue weighted by Gasteiger charge is -2.11. The van der Waals surface area contributed by atoms with Crippen LogP contribution in [-0.4, -0.2) is 32.6 Å². The van der Waals surface area contributed by atoms with Crippen LogP contribution in [0.2, 0.25) is 5.02 Å². The summed E-state index contributed by atoms with van der Waals surface area (Å²) in [6.45, 7) is -0.677. The number of benzene rings is 2. The highest BCUT2D eigenvalue weighted by molar-refractivity contribution is 6.30. The second-order valence-corrected chi connectivity index (χ2v) is 6.34. The molecule has 0 heterocycles. The zero-order valence-corrected chi connectivity index (χ0v) is 16.0. The molecule has 144 valence electrons. The Morgan fingerprint density at radius 2 is 1.93 bits per heavy atom. The van der Waals surface area contributed by atoms with Crippen LogP contribution in [0.25, 0.3) is 6.08 Å². The van der Waals surface area contributed by atoms with Gasteiger partial charge in [0, 0.05) is 24.8 Å². The molecule has 0 spiro atoms. The Hall–Kier alpha value is -3.37. The van der Waals surface area contributed by atoms with Crippen LogP contribution in [0, 0.1) is 17.1 Å². The van der Waals surface area contributed by atoms with Crippen molar-refractivity contribution in [2.24, 2.45) is 0 Å². The number of esters is 1. The maximum atomic E-state index is 13.6. The fraction of sp³-hybridized carbons (Fsp3) is 0.150. The minimum atomic E-state index is -0.957. The Morgan fingerprint density at radius 3 is 2.54 bits per heavy atom. The monoisotopic (exact) mass is 401 g/mol. The number of hydrogen-bond donors (Lipinski definition) is 1.